The fourth-order valence-electron chi connectivity index (χ4n) is 2.21. The van der Waals surface area contributed by atoms with Crippen LogP contribution in [0.1, 0.15) is 5.56 Å². The van der Waals surface area contributed by atoms with Gasteiger partial charge < -0.3 is 14.9 Å². The molecule has 2 aromatic rings. The van der Waals surface area contributed by atoms with Crippen LogP contribution in [-0.2, 0) is 11.2 Å². The number of nitrogens with zero attached hydrogens (tertiary/aromatic N) is 1. The van der Waals surface area contributed by atoms with E-state index in [0.717, 1.165) is 18.5 Å². The first kappa shape index (κ1) is 21.0. The highest BCUT2D eigenvalue weighted by atomic mass is 127. The average Bonchev–Trinajstić information content (AvgIpc) is 2.51. The Morgan fingerprint density at radius 1 is 1.12 bits per heavy atom. The summed E-state index contributed by atoms with van der Waals surface area (Å²) in [4.78, 5) is 13.1. The van der Waals surface area contributed by atoms with Gasteiger partial charge in [-0.2, -0.15) is 0 Å². The summed E-state index contributed by atoms with van der Waals surface area (Å²) in [6.45, 7) is 0. The van der Waals surface area contributed by atoms with Crippen molar-refractivity contribution in [3.05, 3.63) is 46.6 Å². The smallest absolute Gasteiger partial charge is 0.321 e. The van der Waals surface area contributed by atoms with Gasteiger partial charge >= 0.3 is 5.97 Å². The Balaban J connectivity index is 2.27. The Bertz CT molecular complexity index is 772. The third kappa shape index (κ3) is 5.57. The van der Waals surface area contributed by atoms with E-state index in [-0.39, 0.29) is 5.75 Å². The van der Waals surface area contributed by atoms with E-state index >= 15 is 0 Å². The van der Waals surface area contributed by atoms with Crippen molar-refractivity contribution in [3.63, 3.8) is 0 Å². The lowest BCUT2D eigenvalue weighted by Crippen LogP contribution is -2.37. The van der Waals surface area contributed by atoms with E-state index < -0.39 is 12.0 Å². The van der Waals surface area contributed by atoms with E-state index in [9.17, 15) is 15.0 Å². The highest BCUT2D eigenvalue weighted by Crippen LogP contribution is 2.35. The van der Waals surface area contributed by atoms with Gasteiger partial charge in [-0.1, -0.05) is 0 Å². The highest BCUT2D eigenvalue weighted by molar-refractivity contribution is 14.1. The predicted molar refractivity (Wildman–Crippen MR) is 122 cm³/mol. The molecule has 2 rings (SSSR count). The van der Waals surface area contributed by atoms with E-state index in [4.69, 9.17) is 4.74 Å². The number of carbonyl (C=O) groups is 1. The van der Waals surface area contributed by atoms with Gasteiger partial charge in [0, 0.05) is 0 Å². The molecule has 0 saturated carbocycles. The Hall–Kier alpha value is -0.340. The van der Waals surface area contributed by atoms with Crippen LogP contribution in [-0.4, -0.2) is 41.2 Å². The van der Waals surface area contributed by atoms with Gasteiger partial charge in [0.15, 0.2) is 5.75 Å². The number of likely N-dealkylation sites (N-methyl/N-ethyl adjacent to an activating group) is 1. The summed E-state index contributed by atoms with van der Waals surface area (Å²) in [6.07, 6.45) is 0.422. The standard InChI is InChI=1S/C17H16I3NO4/c1-21(2)14(17(23)24)7-9-5-12(19)16(13(20)6-9)25-10-3-4-15(22)11(18)8-10/h3-6,8,14,22H,7H2,1-2H3,(H,23,24)/t14-/m0/s1. The lowest BCUT2D eigenvalue weighted by Gasteiger charge is -2.20. The van der Waals surface area contributed by atoms with Crippen molar-refractivity contribution in [2.75, 3.05) is 14.1 Å². The molecule has 0 bridgehead atoms. The quantitative estimate of drug-likeness (QED) is 0.439. The Morgan fingerprint density at radius 3 is 2.20 bits per heavy atom. The molecule has 0 unspecified atom stereocenters. The third-order valence-electron chi connectivity index (χ3n) is 3.53. The molecule has 0 aliphatic rings. The molecule has 0 aliphatic heterocycles. The van der Waals surface area contributed by atoms with E-state index in [1.165, 1.54) is 0 Å². The van der Waals surface area contributed by atoms with Crippen molar-refractivity contribution in [1.82, 2.24) is 4.90 Å². The number of hydrogen-bond acceptors (Lipinski definition) is 4. The van der Waals surface area contributed by atoms with Gasteiger partial charge in [0.05, 0.1) is 10.7 Å². The topological polar surface area (TPSA) is 70.0 Å². The van der Waals surface area contributed by atoms with Crippen LogP contribution in [0.25, 0.3) is 0 Å². The molecule has 0 amide bonds. The summed E-state index contributed by atoms with van der Waals surface area (Å²) in [5.41, 5.74) is 0.947. The fraction of sp³-hybridized carbons (Fsp3) is 0.235. The zero-order valence-electron chi connectivity index (χ0n) is 13.5. The van der Waals surface area contributed by atoms with Gasteiger partial charge in [-0.25, -0.2) is 0 Å². The summed E-state index contributed by atoms with van der Waals surface area (Å²) in [7, 11) is 3.53. The summed E-state index contributed by atoms with van der Waals surface area (Å²) in [6, 6.07) is 8.40. The summed E-state index contributed by atoms with van der Waals surface area (Å²) < 4.78 is 8.50. The van der Waals surface area contributed by atoms with E-state index in [1.54, 1.807) is 37.2 Å². The summed E-state index contributed by atoms with van der Waals surface area (Å²) in [5, 5.41) is 19.0. The molecule has 0 aromatic heterocycles. The van der Waals surface area contributed by atoms with Crippen LogP contribution >= 0.6 is 67.8 Å². The largest absolute Gasteiger partial charge is 0.507 e. The summed E-state index contributed by atoms with van der Waals surface area (Å²) >= 11 is 6.43. The number of ether oxygens (including phenoxy) is 1. The minimum absolute atomic E-state index is 0.219. The van der Waals surface area contributed by atoms with E-state index in [0.29, 0.717) is 15.7 Å². The fourth-order valence-corrected chi connectivity index (χ4v) is 4.81. The van der Waals surface area contributed by atoms with Gasteiger partial charge in [-0.3, -0.25) is 9.69 Å². The molecule has 25 heavy (non-hydrogen) atoms. The zero-order valence-corrected chi connectivity index (χ0v) is 19.9. The van der Waals surface area contributed by atoms with E-state index in [1.807, 2.05) is 34.7 Å². The lowest BCUT2D eigenvalue weighted by atomic mass is 10.1. The first-order valence-electron chi connectivity index (χ1n) is 7.22. The molecule has 134 valence electrons. The molecule has 5 nitrogen and oxygen atoms in total. The third-order valence-corrected chi connectivity index (χ3v) is 6.00. The number of aliphatic carboxylic acids is 1. The van der Waals surface area contributed by atoms with Crippen LogP contribution in [0.15, 0.2) is 30.3 Å². The Kier molecular flexibility index (Phi) is 7.58. The van der Waals surface area contributed by atoms with Crippen LogP contribution in [0.3, 0.4) is 0 Å². The molecule has 2 N–H and O–H groups in total. The first-order valence-corrected chi connectivity index (χ1v) is 10.5. The number of halogens is 3. The lowest BCUT2D eigenvalue weighted by molar-refractivity contribution is -0.142. The number of hydrogen-bond donors (Lipinski definition) is 2. The molecule has 0 aliphatic carbocycles. The Labute approximate surface area is 187 Å². The van der Waals surface area contributed by atoms with Crippen molar-refractivity contribution in [2.45, 2.75) is 12.5 Å². The van der Waals surface area contributed by atoms with Gasteiger partial charge in [0.25, 0.3) is 0 Å². The zero-order chi connectivity index (χ0) is 18.7. The predicted octanol–water partition coefficient (Wildman–Crippen LogP) is 4.56. The van der Waals surface area contributed by atoms with Crippen LogP contribution in [0, 0.1) is 10.7 Å². The maximum Gasteiger partial charge on any atom is 0.321 e. The van der Waals surface area contributed by atoms with Crippen molar-refractivity contribution in [1.29, 1.82) is 0 Å². The number of phenols is 1. The summed E-state index contributed by atoms with van der Waals surface area (Å²) in [5.74, 6) is 0.746. The molecule has 0 fully saturated rings. The number of phenolic OH excluding ortho intramolecular Hbond substituents is 1. The molecule has 8 heteroatoms. The molecular formula is C17H16I3NO4. The van der Waals surface area contributed by atoms with Crippen molar-refractivity contribution in [2.24, 2.45) is 0 Å². The number of carboxylic acid groups (broad SMARTS) is 1. The second kappa shape index (κ2) is 9.04. The second-order valence-electron chi connectivity index (χ2n) is 5.63. The van der Waals surface area contributed by atoms with Crippen molar-refractivity contribution < 1.29 is 19.7 Å². The van der Waals surface area contributed by atoms with Crippen LogP contribution in [0.5, 0.6) is 17.2 Å². The van der Waals surface area contributed by atoms with Gasteiger partial charge in [0.2, 0.25) is 0 Å². The number of benzene rings is 2. The monoisotopic (exact) mass is 679 g/mol. The molecular weight excluding hydrogens is 663 g/mol. The molecule has 0 saturated heterocycles. The minimum atomic E-state index is -0.839. The molecule has 0 heterocycles. The molecule has 2 aromatic carbocycles. The van der Waals surface area contributed by atoms with Gasteiger partial charge in [0.1, 0.15) is 17.5 Å². The highest BCUT2D eigenvalue weighted by Gasteiger charge is 2.21. The van der Waals surface area contributed by atoms with Crippen LogP contribution < -0.4 is 4.74 Å². The number of carboxylic acids is 1. The molecule has 0 spiro atoms. The van der Waals surface area contributed by atoms with Crippen LogP contribution in [0.2, 0.25) is 0 Å². The molecule has 1 atom stereocenters. The minimum Gasteiger partial charge on any atom is -0.507 e. The van der Waals surface area contributed by atoms with Gasteiger partial charge in [-0.15, -0.1) is 0 Å². The SMILES string of the molecule is CN(C)[C@@H](Cc1cc(I)c(Oc2ccc(O)c(I)c2)c(I)c1)C(=O)O. The van der Waals surface area contributed by atoms with Crippen LogP contribution in [0.4, 0.5) is 0 Å². The first-order chi connectivity index (χ1) is 11.7. The van der Waals surface area contributed by atoms with E-state index in [2.05, 4.69) is 45.2 Å². The maximum absolute atomic E-state index is 11.4. The van der Waals surface area contributed by atoms with Gasteiger partial charge in [-0.05, 0) is 124 Å². The van der Waals surface area contributed by atoms with Crippen molar-refractivity contribution in [3.8, 4) is 17.2 Å². The molecule has 0 radical (unpaired) electrons. The maximum atomic E-state index is 11.4. The number of rotatable bonds is 6. The average molecular weight is 679 g/mol. The van der Waals surface area contributed by atoms with Crippen molar-refractivity contribution >= 4 is 73.7 Å². The normalized spacial score (nSPS) is 12.2. The second-order valence-corrected chi connectivity index (χ2v) is 9.11. The number of aromatic hydroxyl groups is 1. The Morgan fingerprint density at radius 2 is 1.72 bits per heavy atom.